The summed E-state index contributed by atoms with van der Waals surface area (Å²) in [6.45, 7) is 0. The second kappa shape index (κ2) is 5.06. The highest BCUT2D eigenvalue weighted by atomic mass is 16.5. The van der Waals surface area contributed by atoms with E-state index in [-0.39, 0.29) is 11.1 Å². The Balaban J connectivity index is 3.08. The van der Waals surface area contributed by atoms with Crippen molar-refractivity contribution in [3.05, 3.63) is 35.4 Å². The first-order valence-corrected chi connectivity index (χ1v) is 4.48. The zero-order valence-electron chi connectivity index (χ0n) is 8.60. The van der Waals surface area contributed by atoms with E-state index in [1.807, 2.05) is 0 Å². The van der Waals surface area contributed by atoms with Gasteiger partial charge in [0.15, 0.2) is 5.78 Å². The fourth-order valence-electron chi connectivity index (χ4n) is 1.25. The number of hydrogen-bond donors (Lipinski definition) is 1. The van der Waals surface area contributed by atoms with Gasteiger partial charge in [-0.3, -0.25) is 9.59 Å². The van der Waals surface area contributed by atoms with Gasteiger partial charge in [0.05, 0.1) is 12.7 Å². The number of carboxylic acids is 1. The van der Waals surface area contributed by atoms with Crippen molar-refractivity contribution in [1.29, 1.82) is 0 Å². The summed E-state index contributed by atoms with van der Waals surface area (Å²) in [4.78, 5) is 33.2. The molecule has 0 amide bonds. The Morgan fingerprint density at radius 3 is 2.25 bits per heavy atom. The summed E-state index contributed by atoms with van der Waals surface area (Å²) in [5.74, 6) is -2.51. The standard InChI is InChI=1S/C11H10O5/c1-16-11(15)8-5-3-2-4-7(8)9(12)6-10(13)14/h2-5H,6H2,1H3,(H,13,14). The molecule has 0 unspecified atom stereocenters. The van der Waals surface area contributed by atoms with E-state index >= 15 is 0 Å². The SMILES string of the molecule is COC(=O)c1ccccc1C(=O)CC(=O)O. The molecule has 1 N–H and O–H groups in total. The van der Waals surface area contributed by atoms with Gasteiger partial charge in [0, 0.05) is 5.56 Å². The van der Waals surface area contributed by atoms with E-state index in [4.69, 9.17) is 5.11 Å². The number of aliphatic carboxylic acids is 1. The topological polar surface area (TPSA) is 80.7 Å². The molecule has 5 nitrogen and oxygen atoms in total. The molecular formula is C11H10O5. The molecule has 0 spiro atoms. The predicted molar refractivity (Wildman–Crippen MR) is 54.4 cm³/mol. The maximum atomic E-state index is 11.5. The van der Waals surface area contributed by atoms with Crippen LogP contribution in [0, 0.1) is 0 Å². The quantitative estimate of drug-likeness (QED) is 0.469. The summed E-state index contributed by atoms with van der Waals surface area (Å²) in [5.41, 5.74) is 0.146. The van der Waals surface area contributed by atoms with Gasteiger partial charge in [0.25, 0.3) is 0 Å². The van der Waals surface area contributed by atoms with Crippen molar-refractivity contribution < 1.29 is 24.2 Å². The Bertz CT molecular complexity index is 436. The number of hydrogen-bond acceptors (Lipinski definition) is 4. The molecule has 0 aliphatic heterocycles. The fourth-order valence-corrected chi connectivity index (χ4v) is 1.25. The number of carbonyl (C=O) groups excluding carboxylic acids is 2. The van der Waals surface area contributed by atoms with E-state index in [0.717, 1.165) is 0 Å². The Morgan fingerprint density at radius 2 is 1.75 bits per heavy atom. The Hall–Kier alpha value is -2.17. The van der Waals surface area contributed by atoms with Gasteiger partial charge in [-0.1, -0.05) is 18.2 Å². The van der Waals surface area contributed by atoms with Crippen LogP contribution in [-0.4, -0.2) is 29.9 Å². The van der Waals surface area contributed by atoms with Gasteiger partial charge in [-0.2, -0.15) is 0 Å². The molecular weight excluding hydrogens is 212 g/mol. The van der Waals surface area contributed by atoms with E-state index in [0.29, 0.717) is 0 Å². The molecule has 0 aliphatic carbocycles. The van der Waals surface area contributed by atoms with E-state index < -0.39 is 24.1 Å². The van der Waals surface area contributed by atoms with Gasteiger partial charge in [0.1, 0.15) is 6.42 Å². The summed E-state index contributed by atoms with van der Waals surface area (Å²) in [7, 11) is 1.20. The number of rotatable bonds is 4. The third-order valence-corrected chi connectivity index (χ3v) is 1.94. The van der Waals surface area contributed by atoms with E-state index in [1.54, 1.807) is 12.1 Å². The number of ketones is 1. The molecule has 0 bridgehead atoms. The molecule has 0 heterocycles. The van der Waals surface area contributed by atoms with Crippen molar-refractivity contribution >= 4 is 17.7 Å². The van der Waals surface area contributed by atoms with E-state index in [9.17, 15) is 14.4 Å². The van der Waals surface area contributed by atoms with Crippen molar-refractivity contribution in [2.75, 3.05) is 7.11 Å². The first-order valence-electron chi connectivity index (χ1n) is 4.48. The largest absolute Gasteiger partial charge is 0.481 e. The molecule has 84 valence electrons. The van der Waals surface area contributed by atoms with Gasteiger partial charge in [-0.25, -0.2) is 4.79 Å². The fraction of sp³-hybridized carbons (Fsp3) is 0.182. The number of methoxy groups -OCH3 is 1. The maximum absolute atomic E-state index is 11.5. The monoisotopic (exact) mass is 222 g/mol. The van der Waals surface area contributed by atoms with Crippen LogP contribution in [0.25, 0.3) is 0 Å². The van der Waals surface area contributed by atoms with Crippen molar-refractivity contribution in [2.45, 2.75) is 6.42 Å². The van der Waals surface area contributed by atoms with Crippen LogP contribution in [0.2, 0.25) is 0 Å². The highest BCUT2D eigenvalue weighted by molar-refractivity contribution is 6.11. The normalized spacial score (nSPS) is 9.56. The van der Waals surface area contributed by atoms with Crippen LogP contribution in [0.3, 0.4) is 0 Å². The number of esters is 1. The molecule has 0 saturated heterocycles. The first kappa shape index (κ1) is 11.9. The number of carbonyl (C=O) groups is 3. The van der Waals surface area contributed by atoms with Crippen LogP contribution in [0.5, 0.6) is 0 Å². The van der Waals surface area contributed by atoms with E-state index in [2.05, 4.69) is 4.74 Å². The van der Waals surface area contributed by atoms with Gasteiger partial charge in [-0.15, -0.1) is 0 Å². The number of benzene rings is 1. The van der Waals surface area contributed by atoms with E-state index in [1.165, 1.54) is 19.2 Å². The lowest BCUT2D eigenvalue weighted by Crippen LogP contribution is -2.13. The zero-order valence-corrected chi connectivity index (χ0v) is 8.60. The third kappa shape index (κ3) is 2.66. The molecule has 5 heteroatoms. The third-order valence-electron chi connectivity index (χ3n) is 1.94. The van der Waals surface area contributed by atoms with Gasteiger partial charge >= 0.3 is 11.9 Å². The lowest BCUT2D eigenvalue weighted by Gasteiger charge is -2.05. The Morgan fingerprint density at radius 1 is 1.19 bits per heavy atom. The highest BCUT2D eigenvalue weighted by Crippen LogP contribution is 2.12. The zero-order chi connectivity index (χ0) is 12.1. The van der Waals surface area contributed by atoms with Crippen molar-refractivity contribution in [2.24, 2.45) is 0 Å². The Labute approximate surface area is 91.6 Å². The van der Waals surface area contributed by atoms with Gasteiger partial charge in [-0.05, 0) is 6.07 Å². The van der Waals surface area contributed by atoms with Crippen LogP contribution in [-0.2, 0) is 9.53 Å². The Kier molecular flexibility index (Phi) is 3.77. The van der Waals surface area contributed by atoms with Crippen LogP contribution in [0.4, 0.5) is 0 Å². The second-order valence-corrected chi connectivity index (χ2v) is 3.03. The smallest absolute Gasteiger partial charge is 0.338 e. The van der Waals surface area contributed by atoms with Crippen molar-refractivity contribution in [3.63, 3.8) is 0 Å². The predicted octanol–water partition coefficient (Wildman–Crippen LogP) is 1.13. The maximum Gasteiger partial charge on any atom is 0.338 e. The summed E-state index contributed by atoms with van der Waals surface area (Å²) >= 11 is 0. The van der Waals surface area contributed by atoms with Gasteiger partial charge < -0.3 is 9.84 Å². The first-order chi connectivity index (χ1) is 7.56. The minimum absolute atomic E-state index is 0.0664. The van der Waals surface area contributed by atoms with Crippen molar-refractivity contribution in [1.82, 2.24) is 0 Å². The molecule has 1 rings (SSSR count). The minimum atomic E-state index is -1.23. The van der Waals surface area contributed by atoms with Gasteiger partial charge in [0.2, 0.25) is 0 Å². The van der Waals surface area contributed by atoms with Crippen molar-refractivity contribution in [3.8, 4) is 0 Å². The minimum Gasteiger partial charge on any atom is -0.481 e. The number of Topliss-reactive ketones (excluding diaryl/α,β-unsaturated/α-hetero) is 1. The van der Waals surface area contributed by atoms with Crippen LogP contribution in [0.15, 0.2) is 24.3 Å². The average molecular weight is 222 g/mol. The summed E-state index contributed by atoms with van der Waals surface area (Å²) in [6.07, 6.45) is -0.645. The molecule has 0 atom stereocenters. The molecule has 0 radical (unpaired) electrons. The number of carboxylic acid groups (broad SMARTS) is 1. The molecule has 0 fully saturated rings. The number of ether oxygens (including phenoxy) is 1. The molecule has 1 aromatic carbocycles. The molecule has 0 aromatic heterocycles. The van der Waals surface area contributed by atoms with Crippen LogP contribution >= 0.6 is 0 Å². The second-order valence-electron chi connectivity index (χ2n) is 3.03. The molecule has 1 aromatic rings. The molecule has 0 saturated carbocycles. The van der Waals surface area contributed by atoms with Crippen LogP contribution < -0.4 is 0 Å². The highest BCUT2D eigenvalue weighted by Gasteiger charge is 2.18. The van der Waals surface area contributed by atoms with Crippen LogP contribution in [0.1, 0.15) is 27.1 Å². The summed E-state index contributed by atoms with van der Waals surface area (Å²) in [6, 6.07) is 5.95. The molecule has 16 heavy (non-hydrogen) atoms. The average Bonchev–Trinajstić information content (AvgIpc) is 2.27. The molecule has 0 aliphatic rings. The summed E-state index contributed by atoms with van der Waals surface area (Å²) in [5, 5.41) is 8.49. The summed E-state index contributed by atoms with van der Waals surface area (Å²) < 4.78 is 4.49. The lowest BCUT2D eigenvalue weighted by atomic mass is 10.0. The lowest BCUT2D eigenvalue weighted by molar-refractivity contribution is -0.135.